The molecule has 1 aromatic carbocycles. The fourth-order valence-electron chi connectivity index (χ4n) is 2.42. The second-order valence-electron chi connectivity index (χ2n) is 4.76. The topological polar surface area (TPSA) is 0 Å². The molecule has 0 radical (unpaired) electrons. The molecule has 0 unspecified atom stereocenters. The van der Waals surface area contributed by atoms with Crippen LogP contribution in [0.15, 0.2) is 43.0 Å². The molecule has 0 N–H and O–H groups in total. The minimum Gasteiger partial charge on any atom is -0.136 e. The Kier molecular flexibility index (Phi) is 2.92. The van der Waals surface area contributed by atoms with E-state index in [0.717, 1.165) is 18.4 Å². The molecule has 18 heavy (non-hydrogen) atoms. The van der Waals surface area contributed by atoms with Gasteiger partial charge in [-0.2, -0.15) is 0 Å². The van der Waals surface area contributed by atoms with Gasteiger partial charge in [-0.3, -0.25) is 0 Å². The summed E-state index contributed by atoms with van der Waals surface area (Å²) in [6.07, 6.45) is 6.82. The van der Waals surface area contributed by atoms with Crippen LogP contribution in [0.5, 0.6) is 0 Å². The van der Waals surface area contributed by atoms with Crippen molar-refractivity contribution in [1.82, 2.24) is 0 Å². The molecule has 0 aliphatic heterocycles. The number of benzene rings is 1. The van der Waals surface area contributed by atoms with Gasteiger partial charge in [0.1, 0.15) is 0 Å². The Labute approximate surface area is 112 Å². The van der Waals surface area contributed by atoms with E-state index in [0.29, 0.717) is 0 Å². The van der Waals surface area contributed by atoms with E-state index in [1.165, 1.54) is 26.4 Å². The number of fused-ring (bicyclic) bond motifs is 1. The van der Waals surface area contributed by atoms with Crippen LogP contribution in [0.1, 0.15) is 29.3 Å². The van der Waals surface area contributed by atoms with Crippen LogP contribution in [-0.4, -0.2) is 0 Å². The minimum atomic E-state index is 1.15. The third-order valence-corrected chi connectivity index (χ3v) is 4.64. The quantitative estimate of drug-likeness (QED) is 0.670. The van der Waals surface area contributed by atoms with Crippen molar-refractivity contribution >= 4 is 23.0 Å². The summed E-state index contributed by atoms with van der Waals surface area (Å²) in [5.41, 5.74) is 5.42. The van der Waals surface area contributed by atoms with Crippen molar-refractivity contribution < 1.29 is 0 Å². The lowest BCUT2D eigenvalue weighted by Crippen LogP contribution is -1.96. The summed E-state index contributed by atoms with van der Waals surface area (Å²) >= 11 is 1.84. The van der Waals surface area contributed by atoms with Crippen molar-refractivity contribution in [2.24, 2.45) is 0 Å². The van der Waals surface area contributed by atoms with Crippen LogP contribution < -0.4 is 0 Å². The molecule has 0 saturated heterocycles. The molecule has 0 atom stereocenters. The van der Waals surface area contributed by atoms with Crippen molar-refractivity contribution in [3.63, 3.8) is 0 Å². The standard InChI is InChI=1S/C17H16S/c1-12(2)16-10-11-17(18-16)15-9-5-7-13-6-3-4-8-14(13)15/h3,5-7,9-11H,1,4,8H2,2H3. The maximum absolute atomic E-state index is 4.02. The molecule has 0 amide bonds. The van der Waals surface area contributed by atoms with E-state index in [2.05, 4.69) is 56.0 Å². The first kappa shape index (κ1) is 11.5. The van der Waals surface area contributed by atoms with E-state index in [1.54, 1.807) is 0 Å². The van der Waals surface area contributed by atoms with Crippen molar-refractivity contribution in [2.45, 2.75) is 19.8 Å². The number of allylic oxidation sites excluding steroid dienone is 2. The Morgan fingerprint density at radius 1 is 1.22 bits per heavy atom. The SMILES string of the molecule is C=C(C)c1ccc(-c2cccc3c2CCC=C3)s1. The van der Waals surface area contributed by atoms with Crippen molar-refractivity contribution in [3.05, 3.63) is 59.0 Å². The van der Waals surface area contributed by atoms with Gasteiger partial charge in [-0.15, -0.1) is 11.3 Å². The van der Waals surface area contributed by atoms with Crippen LogP contribution in [0.25, 0.3) is 22.1 Å². The van der Waals surface area contributed by atoms with Crippen LogP contribution >= 0.6 is 11.3 Å². The summed E-state index contributed by atoms with van der Waals surface area (Å²) in [5, 5.41) is 0. The second kappa shape index (κ2) is 4.58. The van der Waals surface area contributed by atoms with Gasteiger partial charge in [0.25, 0.3) is 0 Å². The minimum absolute atomic E-state index is 1.15. The van der Waals surface area contributed by atoms with E-state index >= 15 is 0 Å². The van der Waals surface area contributed by atoms with Gasteiger partial charge in [-0.1, -0.05) is 36.9 Å². The van der Waals surface area contributed by atoms with Crippen LogP contribution in [0.4, 0.5) is 0 Å². The lowest BCUT2D eigenvalue weighted by molar-refractivity contribution is 0.989. The van der Waals surface area contributed by atoms with Gasteiger partial charge in [-0.25, -0.2) is 0 Å². The average Bonchev–Trinajstić information content (AvgIpc) is 2.87. The molecule has 3 rings (SSSR count). The zero-order chi connectivity index (χ0) is 12.5. The molecular formula is C17H16S. The predicted octanol–water partition coefficient (Wildman–Crippen LogP) is 5.41. The first-order chi connectivity index (χ1) is 8.75. The van der Waals surface area contributed by atoms with E-state index < -0.39 is 0 Å². The molecule has 2 aromatic rings. The average molecular weight is 252 g/mol. The van der Waals surface area contributed by atoms with Crippen LogP contribution in [0.2, 0.25) is 0 Å². The fourth-order valence-corrected chi connectivity index (χ4v) is 3.41. The zero-order valence-corrected chi connectivity index (χ0v) is 11.4. The van der Waals surface area contributed by atoms with Crippen LogP contribution in [0, 0.1) is 0 Å². The molecule has 0 spiro atoms. The summed E-state index contributed by atoms with van der Waals surface area (Å²) in [6.45, 7) is 6.09. The Morgan fingerprint density at radius 3 is 2.89 bits per heavy atom. The van der Waals surface area contributed by atoms with Crippen LogP contribution in [0.3, 0.4) is 0 Å². The lowest BCUT2D eigenvalue weighted by Gasteiger charge is -2.14. The van der Waals surface area contributed by atoms with Gasteiger partial charge in [-0.05, 0) is 54.2 Å². The molecule has 90 valence electrons. The molecule has 0 fully saturated rings. The monoisotopic (exact) mass is 252 g/mol. The van der Waals surface area contributed by atoms with Crippen molar-refractivity contribution in [2.75, 3.05) is 0 Å². The van der Waals surface area contributed by atoms with E-state index in [1.807, 2.05) is 11.3 Å². The van der Waals surface area contributed by atoms with Crippen molar-refractivity contribution in [3.8, 4) is 10.4 Å². The number of hydrogen-bond acceptors (Lipinski definition) is 1. The first-order valence-corrected chi connectivity index (χ1v) is 7.12. The summed E-state index contributed by atoms with van der Waals surface area (Å²) in [4.78, 5) is 2.65. The molecule has 1 heterocycles. The maximum atomic E-state index is 4.02. The Hall–Kier alpha value is -1.60. The largest absolute Gasteiger partial charge is 0.136 e. The molecule has 0 nitrogen and oxygen atoms in total. The highest BCUT2D eigenvalue weighted by atomic mass is 32.1. The number of hydrogen-bond donors (Lipinski definition) is 0. The third kappa shape index (κ3) is 1.95. The fraction of sp³-hybridized carbons (Fsp3) is 0.176. The summed E-state index contributed by atoms with van der Waals surface area (Å²) in [6, 6.07) is 11.0. The predicted molar refractivity (Wildman–Crippen MR) is 81.8 cm³/mol. The second-order valence-corrected chi connectivity index (χ2v) is 5.84. The van der Waals surface area contributed by atoms with Gasteiger partial charge in [0, 0.05) is 9.75 Å². The van der Waals surface area contributed by atoms with E-state index in [-0.39, 0.29) is 0 Å². The highest BCUT2D eigenvalue weighted by Gasteiger charge is 2.12. The molecule has 1 heteroatoms. The zero-order valence-electron chi connectivity index (χ0n) is 10.6. The molecule has 1 aliphatic rings. The molecule has 1 aromatic heterocycles. The number of rotatable bonds is 2. The Balaban J connectivity index is 2.11. The van der Waals surface area contributed by atoms with Gasteiger partial charge < -0.3 is 0 Å². The first-order valence-electron chi connectivity index (χ1n) is 6.30. The molecular weight excluding hydrogens is 236 g/mol. The third-order valence-electron chi connectivity index (χ3n) is 3.36. The highest BCUT2D eigenvalue weighted by molar-refractivity contribution is 7.16. The Morgan fingerprint density at radius 2 is 2.11 bits per heavy atom. The van der Waals surface area contributed by atoms with Gasteiger partial charge in [0.05, 0.1) is 0 Å². The smallest absolute Gasteiger partial charge is 0.0352 e. The Bertz CT molecular complexity index is 629. The highest BCUT2D eigenvalue weighted by Crippen LogP contribution is 2.36. The van der Waals surface area contributed by atoms with Gasteiger partial charge in [0.15, 0.2) is 0 Å². The van der Waals surface area contributed by atoms with Crippen molar-refractivity contribution in [1.29, 1.82) is 0 Å². The summed E-state index contributed by atoms with van der Waals surface area (Å²) < 4.78 is 0. The lowest BCUT2D eigenvalue weighted by atomic mass is 9.92. The molecule has 0 bridgehead atoms. The van der Waals surface area contributed by atoms with E-state index in [4.69, 9.17) is 0 Å². The molecule has 0 saturated carbocycles. The van der Waals surface area contributed by atoms with E-state index in [9.17, 15) is 0 Å². The molecule has 1 aliphatic carbocycles. The summed E-state index contributed by atoms with van der Waals surface area (Å²) in [7, 11) is 0. The van der Waals surface area contributed by atoms with Gasteiger partial charge in [0.2, 0.25) is 0 Å². The summed E-state index contributed by atoms with van der Waals surface area (Å²) in [5.74, 6) is 0. The maximum Gasteiger partial charge on any atom is 0.0352 e. The van der Waals surface area contributed by atoms with Gasteiger partial charge >= 0.3 is 0 Å². The van der Waals surface area contributed by atoms with Crippen LogP contribution in [-0.2, 0) is 6.42 Å². The number of thiophene rings is 1. The normalized spacial score (nSPS) is 13.4.